The third kappa shape index (κ3) is 4.52. The average molecular weight is 423 g/mol. The number of nitrogens with zero attached hydrogens (tertiary/aromatic N) is 1. The number of allylic oxidation sites excluding steroid dienone is 2. The van der Waals surface area contributed by atoms with Crippen LogP contribution in [0.3, 0.4) is 0 Å². The Morgan fingerprint density at radius 2 is 2.07 bits per heavy atom. The van der Waals surface area contributed by atoms with Crippen molar-refractivity contribution < 1.29 is 9.53 Å². The molecule has 30 heavy (non-hydrogen) atoms. The van der Waals surface area contributed by atoms with Gasteiger partial charge in [-0.3, -0.25) is 5.41 Å². The number of aryl methyl sites for hydroxylation is 1. The van der Waals surface area contributed by atoms with Crippen molar-refractivity contribution in [1.82, 2.24) is 5.32 Å². The van der Waals surface area contributed by atoms with Crippen LogP contribution in [0, 0.1) is 5.41 Å². The number of hydrogen-bond donors (Lipinski definition) is 4. The van der Waals surface area contributed by atoms with E-state index in [9.17, 15) is 4.79 Å². The number of hydrogen-bond acceptors (Lipinski definition) is 4. The molecule has 2 aromatic rings. The van der Waals surface area contributed by atoms with Gasteiger partial charge >= 0.3 is 6.09 Å². The van der Waals surface area contributed by atoms with E-state index in [0.29, 0.717) is 12.3 Å². The van der Waals surface area contributed by atoms with E-state index in [2.05, 4.69) is 33.8 Å². The molecule has 0 spiro atoms. The normalized spacial score (nSPS) is 18.5. The van der Waals surface area contributed by atoms with E-state index in [1.54, 1.807) is 12.1 Å². The van der Waals surface area contributed by atoms with Gasteiger partial charge < -0.3 is 20.7 Å². The van der Waals surface area contributed by atoms with Crippen LogP contribution in [-0.4, -0.2) is 31.6 Å². The fourth-order valence-corrected chi connectivity index (χ4v) is 5.70. The molecule has 0 radical (unpaired) electrons. The SMILES string of the molecule is N=C(N)C1=CC=C[SH]1c1ccc2c(c1)CCCN2CCNC(=O)Oc1ccccc1. The van der Waals surface area contributed by atoms with Gasteiger partial charge in [-0.15, -0.1) is 0 Å². The summed E-state index contributed by atoms with van der Waals surface area (Å²) in [6.07, 6.45) is 5.62. The number of para-hydroxylation sites is 1. The fraction of sp³-hybridized carbons (Fsp3) is 0.217. The van der Waals surface area contributed by atoms with Crippen LogP contribution in [-0.2, 0) is 6.42 Å². The molecule has 156 valence electrons. The van der Waals surface area contributed by atoms with Crippen LogP contribution in [0.25, 0.3) is 0 Å². The summed E-state index contributed by atoms with van der Waals surface area (Å²) in [6.45, 7) is 2.21. The number of carbonyl (C=O) groups excluding carboxylic acids is 1. The standard InChI is InChI=1S/C23H26N4O2S/c24-22(25)21-9-5-15-30(21)19-10-11-20-17(16-19)6-4-13-27(20)14-12-26-23(28)29-18-7-2-1-3-8-18/h1-3,5,7-11,15-16,30H,4,6,12-14H2,(H3,24,25)(H,26,28). The molecule has 2 aliphatic rings. The summed E-state index contributed by atoms with van der Waals surface area (Å²) in [4.78, 5) is 16.4. The zero-order valence-electron chi connectivity index (χ0n) is 16.7. The first-order chi connectivity index (χ1) is 14.6. The van der Waals surface area contributed by atoms with Crippen molar-refractivity contribution in [2.24, 2.45) is 5.73 Å². The van der Waals surface area contributed by atoms with Crippen LogP contribution in [0.4, 0.5) is 10.5 Å². The van der Waals surface area contributed by atoms with Crippen molar-refractivity contribution in [1.29, 1.82) is 5.41 Å². The lowest BCUT2D eigenvalue weighted by molar-refractivity contribution is 0.200. The summed E-state index contributed by atoms with van der Waals surface area (Å²) in [6, 6.07) is 15.6. The molecule has 0 saturated heterocycles. The highest BCUT2D eigenvalue weighted by Crippen LogP contribution is 2.49. The zero-order valence-corrected chi connectivity index (χ0v) is 17.6. The lowest BCUT2D eigenvalue weighted by Crippen LogP contribution is -2.38. The van der Waals surface area contributed by atoms with Crippen molar-refractivity contribution in [3.63, 3.8) is 0 Å². The van der Waals surface area contributed by atoms with Gasteiger partial charge in [-0.1, -0.05) is 24.3 Å². The predicted octanol–water partition coefficient (Wildman–Crippen LogP) is 3.94. The molecule has 1 atom stereocenters. The molecule has 2 heterocycles. The van der Waals surface area contributed by atoms with Gasteiger partial charge in [-0.05, 0) is 65.1 Å². The number of anilines is 1. The molecular formula is C23H26N4O2S. The van der Waals surface area contributed by atoms with E-state index < -0.39 is 17.0 Å². The van der Waals surface area contributed by atoms with Crippen molar-refractivity contribution in [3.05, 3.63) is 76.6 Å². The second-order valence-corrected chi connectivity index (χ2v) is 9.25. The van der Waals surface area contributed by atoms with E-state index in [0.717, 1.165) is 30.8 Å². The molecular weight excluding hydrogens is 396 g/mol. The van der Waals surface area contributed by atoms with E-state index in [-0.39, 0.29) is 5.84 Å². The Morgan fingerprint density at radius 1 is 1.23 bits per heavy atom. The number of nitrogens with two attached hydrogens (primary N) is 1. The van der Waals surface area contributed by atoms with E-state index in [1.807, 2.05) is 30.4 Å². The molecule has 0 aromatic heterocycles. The lowest BCUT2D eigenvalue weighted by Gasteiger charge is -2.32. The predicted molar refractivity (Wildman–Crippen MR) is 124 cm³/mol. The molecule has 2 aromatic carbocycles. The topological polar surface area (TPSA) is 91.4 Å². The largest absolute Gasteiger partial charge is 0.412 e. The van der Waals surface area contributed by atoms with Crippen LogP contribution in [0.2, 0.25) is 0 Å². The van der Waals surface area contributed by atoms with Gasteiger partial charge in [0.05, 0.1) is 0 Å². The fourth-order valence-electron chi connectivity index (χ4n) is 3.79. The Hall–Kier alpha value is -3.19. The average Bonchev–Trinajstić information content (AvgIpc) is 3.24. The first-order valence-electron chi connectivity index (χ1n) is 10.0. The lowest BCUT2D eigenvalue weighted by atomic mass is 10.0. The Labute approximate surface area is 179 Å². The van der Waals surface area contributed by atoms with E-state index >= 15 is 0 Å². The Bertz CT molecular complexity index is 1000. The number of rotatable bonds is 6. The van der Waals surface area contributed by atoms with Gasteiger partial charge in [-0.25, -0.2) is 4.79 Å². The van der Waals surface area contributed by atoms with Gasteiger partial charge in [0, 0.05) is 30.2 Å². The molecule has 6 nitrogen and oxygen atoms in total. The summed E-state index contributed by atoms with van der Waals surface area (Å²) in [5.74, 6) is 0.687. The minimum absolute atomic E-state index is 0.152. The molecule has 2 aliphatic heterocycles. The first kappa shape index (κ1) is 20.1. The van der Waals surface area contributed by atoms with Crippen LogP contribution >= 0.6 is 10.9 Å². The number of nitrogens with one attached hydrogen (secondary N) is 2. The van der Waals surface area contributed by atoms with E-state index in [1.165, 1.54) is 16.1 Å². The third-order valence-electron chi connectivity index (χ3n) is 5.19. The highest BCUT2D eigenvalue weighted by atomic mass is 32.2. The van der Waals surface area contributed by atoms with Gasteiger partial charge in [0.15, 0.2) is 0 Å². The molecule has 0 aliphatic carbocycles. The van der Waals surface area contributed by atoms with Crippen molar-refractivity contribution in [3.8, 4) is 5.75 Å². The zero-order chi connectivity index (χ0) is 20.9. The Kier molecular flexibility index (Phi) is 6.09. The number of thiol groups is 1. The molecule has 4 N–H and O–H groups in total. The van der Waals surface area contributed by atoms with Crippen LogP contribution < -0.4 is 20.7 Å². The first-order valence-corrected chi connectivity index (χ1v) is 11.4. The Balaban J connectivity index is 1.37. The number of benzene rings is 2. The van der Waals surface area contributed by atoms with Crippen molar-refractivity contribution in [2.45, 2.75) is 17.7 Å². The molecule has 1 unspecified atom stereocenters. The third-order valence-corrected chi connectivity index (χ3v) is 7.40. The number of amidine groups is 1. The second kappa shape index (κ2) is 9.09. The highest BCUT2D eigenvalue weighted by Gasteiger charge is 2.21. The summed E-state index contributed by atoms with van der Waals surface area (Å²) >= 11 is 0. The van der Waals surface area contributed by atoms with Crippen LogP contribution in [0.15, 0.2) is 75.9 Å². The Morgan fingerprint density at radius 3 is 2.87 bits per heavy atom. The maximum absolute atomic E-state index is 12.0. The molecule has 0 saturated carbocycles. The summed E-state index contributed by atoms with van der Waals surface area (Å²) in [5, 5.41) is 12.8. The van der Waals surface area contributed by atoms with Gasteiger partial charge in [0.25, 0.3) is 0 Å². The van der Waals surface area contributed by atoms with E-state index in [4.69, 9.17) is 15.9 Å². The molecule has 1 amide bonds. The molecule has 4 rings (SSSR count). The maximum atomic E-state index is 12.0. The minimum Gasteiger partial charge on any atom is -0.410 e. The maximum Gasteiger partial charge on any atom is 0.412 e. The van der Waals surface area contributed by atoms with Crippen molar-refractivity contribution in [2.75, 3.05) is 24.5 Å². The van der Waals surface area contributed by atoms with Crippen molar-refractivity contribution >= 4 is 28.5 Å². The summed E-state index contributed by atoms with van der Waals surface area (Å²) < 4.78 is 5.27. The highest BCUT2D eigenvalue weighted by molar-refractivity contribution is 8.23. The summed E-state index contributed by atoms with van der Waals surface area (Å²) in [5.41, 5.74) is 8.28. The van der Waals surface area contributed by atoms with Gasteiger partial charge in [0.2, 0.25) is 0 Å². The monoisotopic (exact) mass is 422 g/mol. The number of fused-ring (bicyclic) bond motifs is 1. The molecule has 7 heteroatoms. The number of carbonyl (C=O) groups is 1. The van der Waals surface area contributed by atoms with Gasteiger partial charge in [-0.2, -0.15) is 10.9 Å². The van der Waals surface area contributed by atoms with Crippen LogP contribution in [0.1, 0.15) is 12.0 Å². The second-order valence-electron chi connectivity index (χ2n) is 7.21. The van der Waals surface area contributed by atoms with Crippen LogP contribution in [0.5, 0.6) is 5.75 Å². The smallest absolute Gasteiger partial charge is 0.410 e. The van der Waals surface area contributed by atoms with Gasteiger partial charge in [0.1, 0.15) is 11.6 Å². The molecule has 0 fully saturated rings. The number of ether oxygens (including phenoxy) is 1. The minimum atomic E-state index is -0.678. The summed E-state index contributed by atoms with van der Waals surface area (Å²) in [7, 11) is -0.678. The molecule has 0 bridgehead atoms. The number of amides is 1. The quantitative estimate of drug-likeness (QED) is 0.322.